The lowest BCUT2D eigenvalue weighted by molar-refractivity contribution is 0.473. The Morgan fingerprint density at radius 3 is 2.75 bits per heavy atom. The van der Waals surface area contributed by atoms with Crippen LogP contribution >= 0.6 is 11.6 Å². The summed E-state index contributed by atoms with van der Waals surface area (Å²) in [5.74, 6) is 2.11. The van der Waals surface area contributed by atoms with Gasteiger partial charge in [0.2, 0.25) is 0 Å². The van der Waals surface area contributed by atoms with E-state index in [2.05, 4.69) is 24.5 Å². The topological polar surface area (TPSA) is 43.8 Å². The monoisotopic (exact) mass is 291 g/mol. The zero-order chi connectivity index (χ0) is 14.3. The Balaban J connectivity index is 2.10. The molecule has 1 aliphatic carbocycles. The predicted molar refractivity (Wildman–Crippen MR) is 84.3 cm³/mol. The van der Waals surface area contributed by atoms with Gasteiger partial charge in [-0.1, -0.05) is 25.4 Å². The van der Waals surface area contributed by atoms with Gasteiger partial charge in [-0.15, -0.1) is 0 Å². The largest absolute Gasteiger partial charge is 0.330 e. The first-order chi connectivity index (χ1) is 9.60. The summed E-state index contributed by atoms with van der Waals surface area (Å²) in [4.78, 5) is 4.86. The van der Waals surface area contributed by atoms with Crippen molar-refractivity contribution in [2.75, 3.05) is 6.54 Å². The fourth-order valence-electron chi connectivity index (χ4n) is 2.97. The summed E-state index contributed by atoms with van der Waals surface area (Å²) in [7, 11) is 0. The molecule has 1 aromatic heterocycles. The fraction of sp³-hybridized carbons (Fsp3) is 0.562. The molecule has 108 valence electrons. The van der Waals surface area contributed by atoms with E-state index in [9.17, 15) is 0 Å². The maximum atomic E-state index is 6.10. The molecule has 1 atom stereocenters. The molecule has 1 aromatic carbocycles. The Hall–Kier alpha value is -1.06. The molecule has 0 amide bonds. The van der Waals surface area contributed by atoms with E-state index in [0.717, 1.165) is 22.8 Å². The number of nitrogens with zero attached hydrogens (tertiary/aromatic N) is 2. The highest BCUT2D eigenvalue weighted by molar-refractivity contribution is 6.31. The second-order valence-electron chi connectivity index (χ2n) is 6.27. The minimum atomic E-state index is 0.335. The lowest BCUT2D eigenvalue weighted by Gasteiger charge is -2.18. The van der Waals surface area contributed by atoms with Crippen LogP contribution in [0.25, 0.3) is 11.0 Å². The number of benzene rings is 1. The lowest BCUT2D eigenvalue weighted by atomic mass is 9.96. The van der Waals surface area contributed by atoms with Gasteiger partial charge < -0.3 is 10.3 Å². The molecule has 0 saturated heterocycles. The van der Waals surface area contributed by atoms with Crippen LogP contribution < -0.4 is 5.73 Å². The molecule has 1 unspecified atom stereocenters. The molecule has 4 heteroatoms. The van der Waals surface area contributed by atoms with Gasteiger partial charge in [0.15, 0.2) is 0 Å². The van der Waals surface area contributed by atoms with E-state index in [1.807, 2.05) is 12.1 Å². The van der Waals surface area contributed by atoms with Crippen molar-refractivity contribution in [1.82, 2.24) is 9.55 Å². The maximum absolute atomic E-state index is 6.10. The van der Waals surface area contributed by atoms with Crippen LogP contribution in [-0.4, -0.2) is 16.1 Å². The van der Waals surface area contributed by atoms with Crippen LogP contribution in [0.4, 0.5) is 0 Å². The third kappa shape index (κ3) is 2.57. The van der Waals surface area contributed by atoms with Gasteiger partial charge in [-0.05, 0) is 43.4 Å². The van der Waals surface area contributed by atoms with Gasteiger partial charge in [0.05, 0.1) is 11.0 Å². The van der Waals surface area contributed by atoms with E-state index >= 15 is 0 Å². The summed E-state index contributed by atoms with van der Waals surface area (Å²) in [6.45, 7) is 5.13. The quantitative estimate of drug-likeness (QED) is 0.901. The molecular formula is C16H22ClN3. The highest BCUT2D eigenvalue weighted by Crippen LogP contribution is 2.41. The summed E-state index contributed by atoms with van der Waals surface area (Å²) in [6, 6.07) is 6.61. The number of hydrogen-bond donors (Lipinski definition) is 1. The van der Waals surface area contributed by atoms with Crippen LogP contribution in [0.2, 0.25) is 5.02 Å². The first-order valence-corrected chi connectivity index (χ1v) is 7.85. The Labute approximate surface area is 125 Å². The number of aromatic nitrogens is 2. The van der Waals surface area contributed by atoms with Crippen LogP contribution in [-0.2, 0) is 0 Å². The highest BCUT2D eigenvalue weighted by Gasteiger charge is 2.30. The molecule has 2 N–H and O–H groups in total. The standard InChI is InChI=1S/C16H22ClN3/c1-10(2)7-11(9-18)16-19-14-8-12(17)3-6-15(14)20(16)13-4-5-13/h3,6,8,10-11,13H,4-5,7,9,18H2,1-2H3. The third-order valence-electron chi connectivity index (χ3n) is 4.00. The molecule has 2 aromatic rings. The normalized spacial score (nSPS) is 17.1. The molecule has 0 aliphatic heterocycles. The number of halogens is 1. The third-order valence-corrected chi connectivity index (χ3v) is 4.23. The SMILES string of the molecule is CC(C)CC(CN)c1nc2cc(Cl)ccc2n1C1CC1. The second kappa shape index (κ2) is 5.38. The first-order valence-electron chi connectivity index (χ1n) is 7.47. The summed E-state index contributed by atoms with van der Waals surface area (Å²) in [5, 5.41) is 0.748. The van der Waals surface area contributed by atoms with Gasteiger partial charge >= 0.3 is 0 Å². The van der Waals surface area contributed by atoms with Crippen molar-refractivity contribution in [3.8, 4) is 0 Å². The van der Waals surface area contributed by atoms with Crippen molar-refractivity contribution in [2.45, 2.75) is 45.1 Å². The van der Waals surface area contributed by atoms with Gasteiger partial charge in [0.25, 0.3) is 0 Å². The van der Waals surface area contributed by atoms with Crippen LogP contribution in [0.5, 0.6) is 0 Å². The predicted octanol–water partition coefficient (Wildman–Crippen LogP) is 4.11. The molecular weight excluding hydrogens is 270 g/mol. The lowest BCUT2D eigenvalue weighted by Crippen LogP contribution is -2.19. The molecule has 0 spiro atoms. The van der Waals surface area contributed by atoms with Crippen molar-refractivity contribution < 1.29 is 0 Å². The fourth-order valence-corrected chi connectivity index (χ4v) is 3.14. The zero-order valence-electron chi connectivity index (χ0n) is 12.1. The number of imidazole rings is 1. The summed E-state index contributed by atoms with van der Waals surface area (Å²) in [5.41, 5.74) is 8.22. The van der Waals surface area contributed by atoms with Crippen LogP contribution in [0, 0.1) is 5.92 Å². The number of hydrogen-bond acceptors (Lipinski definition) is 2. The van der Waals surface area contributed by atoms with Crippen molar-refractivity contribution >= 4 is 22.6 Å². The Kier molecular flexibility index (Phi) is 3.74. The minimum absolute atomic E-state index is 0.335. The van der Waals surface area contributed by atoms with Gasteiger partial charge in [-0.3, -0.25) is 0 Å². The van der Waals surface area contributed by atoms with E-state index in [4.69, 9.17) is 22.3 Å². The van der Waals surface area contributed by atoms with E-state index < -0.39 is 0 Å². The van der Waals surface area contributed by atoms with E-state index in [-0.39, 0.29) is 0 Å². The highest BCUT2D eigenvalue weighted by atomic mass is 35.5. The summed E-state index contributed by atoms with van der Waals surface area (Å²) >= 11 is 6.10. The number of fused-ring (bicyclic) bond motifs is 1. The van der Waals surface area contributed by atoms with Crippen molar-refractivity contribution in [3.63, 3.8) is 0 Å². The molecule has 0 radical (unpaired) electrons. The van der Waals surface area contributed by atoms with Gasteiger partial charge in [0, 0.05) is 23.5 Å². The van der Waals surface area contributed by atoms with E-state index in [0.29, 0.717) is 24.4 Å². The molecule has 3 rings (SSSR count). The molecule has 20 heavy (non-hydrogen) atoms. The molecule has 1 aliphatic rings. The molecule has 3 nitrogen and oxygen atoms in total. The van der Waals surface area contributed by atoms with Crippen LogP contribution in [0.3, 0.4) is 0 Å². The van der Waals surface area contributed by atoms with Crippen molar-refractivity contribution in [2.24, 2.45) is 11.7 Å². The molecule has 0 bridgehead atoms. The first kappa shape index (κ1) is 13.9. The van der Waals surface area contributed by atoms with Crippen molar-refractivity contribution in [1.29, 1.82) is 0 Å². The number of rotatable bonds is 5. The van der Waals surface area contributed by atoms with Crippen molar-refractivity contribution in [3.05, 3.63) is 29.0 Å². The Bertz CT molecular complexity index is 613. The maximum Gasteiger partial charge on any atom is 0.114 e. The van der Waals surface area contributed by atoms with E-state index in [1.165, 1.54) is 18.4 Å². The number of nitrogens with two attached hydrogens (primary N) is 1. The van der Waals surface area contributed by atoms with Crippen LogP contribution in [0.15, 0.2) is 18.2 Å². The Morgan fingerprint density at radius 2 is 2.15 bits per heavy atom. The minimum Gasteiger partial charge on any atom is -0.330 e. The van der Waals surface area contributed by atoms with Gasteiger partial charge in [0.1, 0.15) is 5.82 Å². The molecule has 1 fully saturated rings. The zero-order valence-corrected chi connectivity index (χ0v) is 12.9. The summed E-state index contributed by atoms with van der Waals surface area (Å²) < 4.78 is 2.41. The Morgan fingerprint density at radius 1 is 1.40 bits per heavy atom. The van der Waals surface area contributed by atoms with Crippen LogP contribution in [0.1, 0.15) is 50.9 Å². The summed E-state index contributed by atoms with van der Waals surface area (Å²) in [6.07, 6.45) is 3.58. The molecule has 1 saturated carbocycles. The molecule has 1 heterocycles. The smallest absolute Gasteiger partial charge is 0.114 e. The van der Waals surface area contributed by atoms with Gasteiger partial charge in [-0.25, -0.2) is 4.98 Å². The van der Waals surface area contributed by atoms with Gasteiger partial charge in [-0.2, -0.15) is 0 Å². The second-order valence-corrected chi connectivity index (χ2v) is 6.70. The average molecular weight is 292 g/mol. The van der Waals surface area contributed by atoms with E-state index in [1.54, 1.807) is 0 Å². The average Bonchev–Trinajstić information content (AvgIpc) is 3.16.